The molecule has 3 atom stereocenters. The number of nitrogens with zero attached hydrogens (tertiary/aromatic N) is 2. The van der Waals surface area contributed by atoms with Crippen molar-refractivity contribution in [3.63, 3.8) is 0 Å². The summed E-state index contributed by atoms with van der Waals surface area (Å²) < 4.78 is 10.9. The summed E-state index contributed by atoms with van der Waals surface area (Å²) in [7, 11) is 1.63. The fourth-order valence-corrected chi connectivity index (χ4v) is 3.27. The summed E-state index contributed by atoms with van der Waals surface area (Å²) in [4.78, 5) is 20.3. The third-order valence-electron chi connectivity index (χ3n) is 4.44. The molecular weight excluding hydrogens is 308 g/mol. The van der Waals surface area contributed by atoms with Crippen molar-refractivity contribution in [2.75, 3.05) is 20.2 Å². The van der Waals surface area contributed by atoms with Crippen molar-refractivity contribution in [3.8, 4) is 5.75 Å². The van der Waals surface area contributed by atoms with Crippen LogP contribution in [0.25, 0.3) is 0 Å². The van der Waals surface area contributed by atoms with Gasteiger partial charge in [0.15, 0.2) is 0 Å². The van der Waals surface area contributed by atoms with E-state index in [1.165, 1.54) is 0 Å². The van der Waals surface area contributed by atoms with Gasteiger partial charge in [0.25, 0.3) is 5.91 Å². The minimum absolute atomic E-state index is 0.0308. The van der Waals surface area contributed by atoms with Gasteiger partial charge in [-0.3, -0.25) is 4.79 Å². The second-order valence-electron chi connectivity index (χ2n) is 6.73. The van der Waals surface area contributed by atoms with Crippen LogP contribution in [0.5, 0.6) is 5.75 Å². The standard InChI is InChI=1S/C18H24N2O4/c1-12-10-20(11-13(2)23-12)17(21)18(3)9-16(19-24-18)14-5-7-15(22-4)8-6-14/h5-8,12-13H,9-11H2,1-4H3/t12-,13+,18-/m0/s1. The summed E-state index contributed by atoms with van der Waals surface area (Å²) in [5, 5.41) is 4.17. The topological polar surface area (TPSA) is 60.4 Å². The van der Waals surface area contributed by atoms with Crippen molar-refractivity contribution in [1.29, 1.82) is 0 Å². The van der Waals surface area contributed by atoms with Crippen LogP contribution in [-0.2, 0) is 14.4 Å². The maximum absolute atomic E-state index is 12.9. The Morgan fingerprint density at radius 3 is 2.46 bits per heavy atom. The number of benzene rings is 1. The van der Waals surface area contributed by atoms with Crippen LogP contribution < -0.4 is 4.74 Å². The molecule has 1 aromatic rings. The molecule has 0 N–H and O–H groups in total. The zero-order valence-electron chi connectivity index (χ0n) is 14.6. The van der Waals surface area contributed by atoms with Gasteiger partial charge in [0.1, 0.15) is 5.75 Å². The third-order valence-corrected chi connectivity index (χ3v) is 4.44. The molecule has 1 aromatic carbocycles. The molecule has 130 valence electrons. The number of amides is 1. The number of oxime groups is 1. The van der Waals surface area contributed by atoms with Crippen molar-refractivity contribution in [2.45, 2.75) is 45.0 Å². The van der Waals surface area contributed by atoms with Gasteiger partial charge in [0.2, 0.25) is 5.60 Å². The van der Waals surface area contributed by atoms with Crippen LogP contribution in [0.15, 0.2) is 29.4 Å². The highest BCUT2D eigenvalue weighted by molar-refractivity contribution is 6.05. The van der Waals surface area contributed by atoms with Gasteiger partial charge in [-0.05, 0) is 50.6 Å². The highest BCUT2D eigenvalue weighted by Gasteiger charge is 2.46. The number of rotatable bonds is 3. The SMILES string of the molecule is COc1ccc(C2=NO[C@](C)(C(=O)N3C[C@@H](C)O[C@@H](C)C3)C2)cc1. The van der Waals surface area contributed by atoms with Crippen LogP contribution in [0.2, 0.25) is 0 Å². The van der Waals surface area contributed by atoms with Crippen molar-refractivity contribution in [2.24, 2.45) is 5.16 Å². The van der Waals surface area contributed by atoms with Crippen LogP contribution in [0.3, 0.4) is 0 Å². The Morgan fingerprint density at radius 2 is 1.88 bits per heavy atom. The van der Waals surface area contributed by atoms with E-state index in [1.54, 1.807) is 14.0 Å². The molecule has 3 rings (SSSR count). The number of morpholine rings is 1. The lowest BCUT2D eigenvalue weighted by Crippen LogP contribution is -2.55. The normalized spacial score (nSPS) is 29.8. The molecular formula is C18H24N2O4. The second-order valence-corrected chi connectivity index (χ2v) is 6.73. The monoisotopic (exact) mass is 332 g/mol. The van der Waals surface area contributed by atoms with Crippen LogP contribution in [0.4, 0.5) is 0 Å². The molecule has 0 spiro atoms. The summed E-state index contributed by atoms with van der Waals surface area (Å²) in [5.41, 5.74) is 0.769. The van der Waals surface area contributed by atoms with E-state index < -0.39 is 5.60 Å². The summed E-state index contributed by atoms with van der Waals surface area (Å²) >= 11 is 0. The molecule has 2 aliphatic rings. The molecule has 0 unspecified atom stereocenters. The molecule has 6 heteroatoms. The maximum atomic E-state index is 12.9. The molecule has 1 fully saturated rings. The summed E-state index contributed by atoms with van der Waals surface area (Å²) in [5.74, 6) is 0.755. The number of hydrogen-bond donors (Lipinski definition) is 0. The smallest absolute Gasteiger partial charge is 0.269 e. The quantitative estimate of drug-likeness (QED) is 0.851. The van der Waals surface area contributed by atoms with Gasteiger partial charge in [-0.1, -0.05) is 5.16 Å². The van der Waals surface area contributed by atoms with Crippen LogP contribution in [-0.4, -0.2) is 54.5 Å². The third kappa shape index (κ3) is 3.24. The van der Waals surface area contributed by atoms with E-state index in [2.05, 4.69) is 5.16 Å². The molecule has 2 heterocycles. The van der Waals surface area contributed by atoms with Crippen LogP contribution in [0, 0.1) is 0 Å². The first-order chi connectivity index (χ1) is 11.4. The first-order valence-corrected chi connectivity index (χ1v) is 8.25. The zero-order valence-corrected chi connectivity index (χ0v) is 14.6. The first kappa shape index (κ1) is 16.8. The molecule has 1 amide bonds. The van der Waals surface area contributed by atoms with Crippen molar-refractivity contribution < 1.29 is 19.1 Å². The van der Waals surface area contributed by atoms with Gasteiger partial charge in [0, 0.05) is 19.5 Å². The largest absolute Gasteiger partial charge is 0.497 e. The zero-order chi connectivity index (χ0) is 17.3. The van der Waals surface area contributed by atoms with Crippen molar-refractivity contribution >= 4 is 11.6 Å². The lowest BCUT2D eigenvalue weighted by molar-refractivity contribution is -0.164. The van der Waals surface area contributed by atoms with Crippen molar-refractivity contribution in [3.05, 3.63) is 29.8 Å². The van der Waals surface area contributed by atoms with Gasteiger partial charge < -0.3 is 19.2 Å². The van der Waals surface area contributed by atoms with Crippen molar-refractivity contribution in [1.82, 2.24) is 4.90 Å². The number of ether oxygens (including phenoxy) is 2. The van der Waals surface area contributed by atoms with E-state index in [1.807, 2.05) is 43.0 Å². The van der Waals surface area contributed by atoms with E-state index in [4.69, 9.17) is 14.3 Å². The molecule has 2 aliphatic heterocycles. The van der Waals surface area contributed by atoms with Gasteiger partial charge in [0.05, 0.1) is 25.0 Å². The Hall–Kier alpha value is -2.08. The molecule has 0 bridgehead atoms. The Balaban J connectivity index is 1.70. The van der Waals surface area contributed by atoms with Crippen LogP contribution >= 0.6 is 0 Å². The van der Waals surface area contributed by atoms with E-state index >= 15 is 0 Å². The predicted octanol–water partition coefficient (Wildman–Crippen LogP) is 2.21. The van der Waals surface area contributed by atoms with E-state index in [0.29, 0.717) is 19.5 Å². The average Bonchev–Trinajstić information content (AvgIpc) is 2.97. The Morgan fingerprint density at radius 1 is 1.25 bits per heavy atom. The van der Waals surface area contributed by atoms with Crippen LogP contribution in [0.1, 0.15) is 32.8 Å². The average molecular weight is 332 g/mol. The number of carbonyl (C=O) groups excluding carboxylic acids is 1. The molecule has 0 aliphatic carbocycles. The minimum Gasteiger partial charge on any atom is -0.497 e. The maximum Gasteiger partial charge on any atom is 0.269 e. The lowest BCUT2D eigenvalue weighted by atomic mass is 9.94. The number of carbonyl (C=O) groups is 1. The first-order valence-electron chi connectivity index (χ1n) is 8.25. The molecule has 1 saturated heterocycles. The van der Waals surface area contributed by atoms with E-state index in [9.17, 15) is 4.79 Å². The molecule has 0 saturated carbocycles. The van der Waals surface area contributed by atoms with Gasteiger partial charge in [-0.25, -0.2) is 0 Å². The summed E-state index contributed by atoms with van der Waals surface area (Å²) in [6.07, 6.45) is 0.521. The molecule has 0 aromatic heterocycles. The molecule has 24 heavy (non-hydrogen) atoms. The number of methoxy groups -OCH3 is 1. The Bertz CT molecular complexity index is 633. The van der Waals surface area contributed by atoms with Gasteiger partial charge in [-0.2, -0.15) is 0 Å². The van der Waals surface area contributed by atoms with E-state index in [-0.39, 0.29) is 18.1 Å². The highest BCUT2D eigenvalue weighted by atomic mass is 16.7. The highest BCUT2D eigenvalue weighted by Crippen LogP contribution is 2.30. The second kappa shape index (κ2) is 6.43. The van der Waals surface area contributed by atoms with Gasteiger partial charge in [-0.15, -0.1) is 0 Å². The summed E-state index contributed by atoms with van der Waals surface area (Å²) in [6.45, 7) is 6.93. The predicted molar refractivity (Wildman–Crippen MR) is 90.2 cm³/mol. The van der Waals surface area contributed by atoms with Gasteiger partial charge >= 0.3 is 0 Å². The number of hydrogen-bond acceptors (Lipinski definition) is 5. The van der Waals surface area contributed by atoms with E-state index in [0.717, 1.165) is 17.0 Å². The fraction of sp³-hybridized carbons (Fsp3) is 0.556. The molecule has 6 nitrogen and oxygen atoms in total. The summed E-state index contributed by atoms with van der Waals surface area (Å²) in [6, 6.07) is 7.60. The lowest BCUT2D eigenvalue weighted by Gasteiger charge is -2.38. The Labute approximate surface area is 142 Å². The molecule has 0 radical (unpaired) electrons. The fourth-order valence-electron chi connectivity index (χ4n) is 3.27. The minimum atomic E-state index is -0.952. The Kier molecular flexibility index (Phi) is 4.49.